The standard InChI is InChI=1S/C22H18F5N3OS/c1-12-28-10-15-17(8-16(23)19(24)20(15)30-12)29-11-21(31,22(25,26)27)9-13-6-7-32-18-5-3-2-4-14(13)18/h2-5,8,10-11,13,31H,6-7,9H2,1H3. The topological polar surface area (TPSA) is 58.4 Å². The van der Waals surface area contributed by atoms with Crippen molar-refractivity contribution < 1.29 is 27.1 Å². The summed E-state index contributed by atoms with van der Waals surface area (Å²) in [6.07, 6.45) is -3.70. The van der Waals surface area contributed by atoms with Crippen LogP contribution in [0.5, 0.6) is 0 Å². The lowest BCUT2D eigenvalue weighted by atomic mass is 9.84. The minimum absolute atomic E-state index is 0.0605. The fourth-order valence-corrected chi connectivity index (χ4v) is 4.93. The Labute approximate surface area is 184 Å². The molecule has 1 aliphatic rings. The molecule has 2 aromatic carbocycles. The van der Waals surface area contributed by atoms with E-state index in [0.717, 1.165) is 16.7 Å². The highest BCUT2D eigenvalue weighted by molar-refractivity contribution is 7.99. The van der Waals surface area contributed by atoms with Crippen molar-refractivity contribution in [2.75, 3.05) is 5.75 Å². The molecule has 1 aromatic heterocycles. The van der Waals surface area contributed by atoms with Gasteiger partial charge in [0, 0.05) is 28.8 Å². The molecule has 0 spiro atoms. The first-order valence-electron chi connectivity index (χ1n) is 9.76. The van der Waals surface area contributed by atoms with Crippen molar-refractivity contribution in [2.45, 2.75) is 42.4 Å². The molecule has 0 aliphatic carbocycles. The number of fused-ring (bicyclic) bond motifs is 2. The van der Waals surface area contributed by atoms with Crippen LogP contribution in [0.1, 0.15) is 30.1 Å². The first-order valence-corrected chi connectivity index (χ1v) is 10.7. The van der Waals surface area contributed by atoms with E-state index in [9.17, 15) is 27.1 Å². The highest BCUT2D eigenvalue weighted by Crippen LogP contribution is 2.44. The quantitative estimate of drug-likeness (QED) is 0.385. The van der Waals surface area contributed by atoms with Gasteiger partial charge in [-0.1, -0.05) is 18.2 Å². The zero-order chi connectivity index (χ0) is 23.1. The summed E-state index contributed by atoms with van der Waals surface area (Å²) in [5, 5.41) is 10.6. The SMILES string of the molecule is Cc1ncc2c(N=CC(O)(CC3CCSc4ccccc43)C(F)(F)F)cc(F)c(F)c2n1. The van der Waals surface area contributed by atoms with E-state index in [0.29, 0.717) is 24.5 Å². The number of aliphatic hydroxyl groups is 1. The van der Waals surface area contributed by atoms with Crippen LogP contribution in [0.25, 0.3) is 10.9 Å². The monoisotopic (exact) mass is 467 g/mol. The molecule has 0 bridgehead atoms. The Hall–Kier alpha value is -2.59. The van der Waals surface area contributed by atoms with E-state index in [1.54, 1.807) is 23.9 Å². The number of hydrogen-bond acceptors (Lipinski definition) is 5. The third-order valence-corrected chi connectivity index (χ3v) is 6.54. The van der Waals surface area contributed by atoms with Crippen LogP contribution in [-0.2, 0) is 0 Å². The molecule has 0 fully saturated rings. The molecule has 0 radical (unpaired) electrons. The minimum atomic E-state index is -5.03. The molecule has 32 heavy (non-hydrogen) atoms. The fourth-order valence-electron chi connectivity index (χ4n) is 3.73. The molecule has 168 valence electrons. The van der Waals surface area contributed by atoms with Crippen LogP contribution in [0, 0.1) is 18.6 Å². The first-order chi connectivity index (χ1) is 15.1. The zero-order valence-corrected chi connectivity index (χ0v) is 17.6. The molecule has 0 amide bonds. The summed E-state index contributed by atoms with van der Waals surface area (Å²) in [5.41, 5.74) is -3.23. The Bertz CT molecular complexity index is 1200. The molecule has 1 aliphatic heterocycles. The lowest BCUT2D eigenvalue weighted by molar-refractivity contribution is -0.232. The number of aromatic nitrogens is 2. The first kappa shape index (κ1) is 22.6. The number of alkyl halides is 3. The molecule has 2 unspecified atom stereocenters. The molecule has 1 N–H and O–H groups in total. The van der Waals surface area contributed by atoms with Gasteiger partial charge >= 0.3 is 6.18 Å². The van der Waals surface area contributed by atoms with Gasteiger partial charge in [0.2, 0.25) is 0 Å². The second-order valence-electron chi connectivity index (χ2n) is 7.63. The summed E-state index contributed by atoms with van der Waals surface area (Å²) in [6, 6.07) is 7.80. The van der Waals surface area contributed by atoms with Crippen LogP contribution in [0.4, 0.5) is 27.6 Å². The number of aliphatic imine (C=N–C) groups is 1. The molecular weight excluding hydrogens is 449 g/mol. The lowest BCUT2D eigenvalue weighted by Crippen LogP contribution is -2.48. The van der Waals surface area contributed by atoms with Gasteiger partial charge in [-0.05, 0) is 43.1 Å². The second-order valence-corrected chi connectivity index (χ2v) is 8.76. The van der Waals surface area contributed by atoms with Crippen molar-refractivity contribution in [1.29, 1.82) is 0 Å². The smallest absolute Gasteiger partial charge is 0.376 e. The maximum absolute atomic E-state index is 14.1. The van der Waals surface area contributed by atoms with Gasteiger partial charge < -0.3 is 5.11 Å². The fraction of sp³-hybridized carbons (Fsp3) is 0.318. The number of halogens is 5. The molecule has 2 atom stereocenters. The van der Waals surface area contributed by atoms with E-state index in [1.807, 2.05) is 12.1 Å². The van der Waals surface area contributed by atoms with E-state index in [1.165, 1.54) is 6.92 Å². The summed E-state index contributed by atoms with van der Waals surface area (Å²) in [6.45, 7) is 1.47. The zero-order valence-electron chi connectivity index (χ0n) is 16.8. The number of rotatable bonds is 4. The summed E-state index contributed by atoms with van der Waals surface area (Å²) < 4.78 is 70.0. The predicted molar refractivity (Wildman–Crippen MR) is 112 cm³/mol. The molecule has 3 aromatic rings. The van der Waals surface area contributed by atoms with Gasteiger partial charge in [0.15, 0.2) is 17.2 Å². The number of benzene rings is 2. The molecule has 4 rings (SSSR count). The molecular formula is C22H18F5N3OS. The highest BCUT2D eigenvalue weighted by atomic mass is 32.2. The summed E-state index contributed by atoms with van der Waals surface area (Å²) >= 11 is 1.55. The summed E-state index contributed by atoms with van der Waals surface area (Å²) in [5.74, 6) is -2.31. The second kappa shape index (κ2) is 8.40. The van der Waals surface area contributed by atoms with Gasteiger partial charge in [-0.25, -0.2) is 18.7 Å². The van der Waals surface area contributed by atoms with Crippen molar-refractivity contribution in [3.63, 3.8) is 0 Å². The molecule has 0 saturated carbocycles. The highest BCUT2D eigenvalue weighted by Gasteiger charge is 2.54. The molecule has 2 heterocycles. The van der Waals surface area contributed by atoms with Crippen LogP contribution in [-0.4, -0.2) is 38.8 Å². The average molecular weight is 467 g/mol. The Morgan fingerprint density at radius 1 is 1.25 bits per heavy atom. The van der Waals surface area contributed by atoms with Gasteiger partial charge in [0.05, 0.1) is 5.69 Å². The number of thioether (sulfide) groups is 1. The third-order valence-electron chi connectivity index (χ3n) is 5.41. The van der Waals surface area contributed by atoms with Crippen molar-refractivity contribution in [3.8, 4) is 0 Å². The van der Waals surface area contributed by atoms with Gasteiger partial charge in [-0.15, -0.1) is 11.8 Å². The van der Waals surface area contributed by atoms with E-state index in [2.05, 4.69) is 15.0 Å². The van der Waals surface area contributed by atoms with Crippen LogP contribution in [0.3, 0.4) is 0 Å². The van der Waals surface area contributed by atoms with Gasteiger partial charge in [0.25, 0.3) is 0 Å². The van der Waals surface area contributed by atoms with Gasteiger partial charge in [-0.2, -0.15) is 13.2 Å². The Morgan fingerprint density at radius 3 is 2.75 bits per heavy atom. The van der Waals surface area contributed by atoms with Crippen LogP contribution >= 0.6 is 11.8 Å². The van der Waals surface area contributed by atoms with Crippen molar-refractivity contribution >= 4 is 34.6 Å². The number of hydrogen-bond donors (Lipinski definition) is 1. The van der Waals surface area contributed by atoms with Crippen LogP contribution in [0.15, 0.2) is 46.4 Å². The third kappa shape index (κ3) is 4.21. The van der Waals surface area contributed by atoms with Crippen molar-refractivity contribution in [2.24, 2.45) is 4.99 Å². The van der Waals surface area contributed by atoms with Gasteiger partial charge in [0.1, 0.15) is 11.3 Å². The maximum atomic E-state index is 14.1. The van der Waals surface area contributed by atoms with E-state index < -0.39 is 41.3 Å². The summed E-state index contributed by atoms with van der Waals surface area (Å²) in [4.78, 5) is 12.3. The lowest BCUT2D eigenvalue weighted by Gasteiger charge is -2.33. The normalized spacial score (nSPS) is 18.7. The summed E-state index contributed by atoms with van der Waals surface area (Å²) in [7, 11) is 0. The van der Waals surface area contributed by atoms with Crippen molar-refractivity contribution in [1.82, 2.24) is 9.97 Å². The molecule has 10 heteroatoms. The maximum Gasteiger partial charge on any atom is 0.422 e. The number of nitrogens with zero attached hydrogens (tertiary/aromatic N) is 3. The van der Waals surface area contributed by atoms with Crippen LogP contribution in [0.2, 0.25) is 0 Å². The Morgan fingerprint density at radius 2 is 2.00 bits per heavy atom. The number of aryl methyl sites for hydroxylation is 1. The Kier molecular flexibility index (Phi) is 5.93. The van der Waals surface area contributed by atoms with E-state index in [4.69, 9.17) is 0 Å². The van der Waals surface area contributed by atoms with Crippen molar-refractivity contribution in [3.05, 3.63) is 59.6 Å². The van der Waals surface area contributed by atoms with Crippen LogP contribution < -0.4 is 0 Å². The van der Waals surface area contributed by atoms with E-state index in [-0.39, 0.29) is 16.9 Å². The molecule has 0 saturated heterocycles. The van der Waals surface area contributed by atoms with Gasteiger partial charge in [-0.3, -0.25) is 4.99 Å². The minimum Gasteiger partial charge on any atom is -0.376 e. The predicted octanol–water partition coefficient (Wildman–Crippen LogP) is 5.88. The largest absolute Gasteiger partial charge is 0.422 e. The van der Waals surface area contributed by atoms with E-state index >= 15 is 0 Å². The molecule has 4 nitrogen and oxygen atoms in total. The average Bonchev–Trinajstić information content (AvgIpc) is 2.75. The Balaban J connectivity index is 1.74.